The topological polar surface area (TPSA) is 68.1 Å². The number of aromatic amines is 1. The van der Waals surface area contributed by atoms with Crippen LogP contribution in [-0.2, 0) is 11.2 Å². The molecular formula is C13H17ClN2O2. The smallest absolute Gasteiger partial charge is 0.355 e. The fraction of sp³-hybridized carbons (Fsp3) is 0.308. The number of benzene rings is 1. The van der Waals surface area contributed by atoms with Gasteiger partial charge in [-0.05, 0) is 31.5 Å². The molecule has 0 aliphatic heterocycles. The quantitative estimate of drug-likeness (QED) is 0.836. The summed E-state index contributed by atoms with van der Waals surface area (Å²) >= 11 is 0. The van der Waals surface area contributed by atoms with E-state index >= 15 is 0 Å². The zero-order valence-corrected chi connectivity index (χ0v) is 11.0. The molecule has 0 saturated heterocycles. The number of nitrogens with one attached hydrogen (secondary N) is 1. The maximum absolute atomic E-state index is 11.8. The van der Waals surface area contributed by atoms with Crippen molar-refractivity contribution in [3.05, 3.63) is 35.5 Å². The third-order valence-electron chi connectivity index (χ3n) is 2.69. The molecule has 18 heavy (non-hydrogen) atoms. The van der Waals surface area contributed by atoms with Gasteiger partial charge in [0.1, 0.15) is 5.69 Å². The van der Waals surface area contributed by atoms with E-state index < -0.39 is 0 Å². The Morgan fingerprint density at radius 2 is 2.11 bits per heavy atom. The molecule has 0 aliphatic rings. The Morgan fingerprint density at radius 1 is 1.39 bits per heavy atom. The molecule has 4 nitrogen and oxygen atoms in total. The largest absolute Gasteiger partial charge is 0.461 e. The summed E-state index contributed by atoms with van der Waals surface area (Å²) in [5.74, 6) is -0.313. The first-order chi connectivity index (χ1) is 8.27. The average molecular weight is 269 g/mol. The van der Waals surface area contributed by atoms with Crippen LogP contribution < -0.4 is 5.73 Å². The molecule has 5 heteroatoms. The number of aromatic nitrogens is 1. The number of para-hydroxylation sites is 1. The van der Waals surface area contributed by atoms with Gasteiger partial charge < -0.3 is 15.5 Å². The highest BCUT2D eigenvalue weighted by Crippen LogP contribution is 2.23. The number of rotatable bonds is 4. The number of esters is 1. The lowest BCUT2D eigenvalue weighted by atomic mass is 10.1. The van der Waals surface area contributed by atoms with Gasteiger partial charge >= 0.3 is 5.97 Å². The molecule has 0 bridgehead atoms. The van der Waals surface area contributed by atoms with Crippen molar-refractivity contribution in [3.63, 3.8) is 0 Å². The lowest BCUT2D eigenvalue weighted by Crippen LogP contribution is -2.10. The lowest BCUT2D eigenvalue weighted by Gasteiger charge is -2.02. The second kappa shape index (κ2) is 6.42. The van der Waals surface area contributed by atoms with E-state index in [2.05, 4.69) is 4.98 Å². The van der Waals surface area contributed by atoms with E-state index in [1.807, 2.05) is 24.3 Å². The van der Waals surface area contributed by atoms with Crippen LogP contribution in [-0.4, -0.2) is 24.1 Å². The Bertz CT molecular complexity index is 537. The summed E-state index contributed by atoms with van der Waals surface area (Å²) in [6, 6.07) is 7.81. The first-order valence-corrected chi connectivity index (χ1v) is 5.74. The Hall–Kier alpha value is -1.52. The fourth-order valence-electron chi connectivity index (χ4n) is 1.98. The maximum atomic E-state index is 11.8. The third kappa shape index (κ3) is 2.66. The molecule has 0 amide bonds. The minimum atomic E-state index is -0.313. The molecule has 1 heterocycles. The fourth-order valence-corrected chi connectivity index (χ4v) is 1.98. The van der Waals surface area contributed by atoms with Crippen LogP contribution in [0.4, 0.5) is 0 Å². The zero-order valence-electron chi connectivity index (χ0n) is 10.2. The van der Waals surface area contributed by atoms with E-state index in [1.54, 1.807) is 6.92 Å². The number of ether oxygens (including phenoxy) is 1. The molecule has 2 rings (SSSR count). The monoisotopic (exact) mass is 268 g/mol. The van der Waals surface area contributed by atoms with Gasteiger partial charge in [0.25, 0.3) is 0 Å². The molecule has 0 spiro atoms. The maximum Gasteiger partial charge on any atom is 0.355 e. The van der Waals surface area contributed by atoms with Gasteiger partial charge in [-0.2, -0.15) is 0 Å². The summed E-state index contributed by atoms with van der Waals surface area (Å²) in [6.45, 7) is 2.67. The number of hydrogen-bond donors (Lipinski definition) is 2. The van der Waals surface area contributed by atoms with Gasteiger partial charge in [-0.1, -0.05) is 18.2 Å². The highest BCUT2D eigenvalue weighted by molar-refractivity contribution is 5.98. The summed E-state index contributed by atoms with van der Waals surface area (Å²) in [5.41, 5.74) is 8.00. The molecule has 0 saturated carbocycles. The van der Waals surface area contributed by atoms with Crippen LogP contribution in [0, 0.1) is 0 Å². The van der Waals surface area contributed by atoms with Crippen LogP contribution in [0.5, 0.6) is 0 Å². The van der Waals surface area contributed by atoms with Gasteiger partial charge in [0.2, 0.25) is 0 Å². The number of halogens is 1. The SMILES string of the molecule is CCOC(=O)c1[nH]c2ccccc2c1CCN.Cl. The van der Waals surface area contributed by atoms with Crippen molar-refractivity contribution >= 4 is 29.3 Å². The van der Waals surface area contributed by atoms with Crippen molar-refractivity contribution in [2.75, 3.05) is 13.2 Å². The summed E-state index contributed by atoms with van der Waals surface area (Å²) in [5, 5.41) is 1.04. The molecule has 98 valence electrons. The third-order valence-corrected chi connectivity index (χ3v) is 2.69. The van der Waals surface area contributed by atoms with Gasteiger partial charge in [-0.3, -0.25) is 0 Å². The molecule has 0 fully saturated rings. The van der Waals surface area contributed by atoms with E-state index in [0.29, 0.717) is 25.3 Å². The minimum Gasteiger partial charge on any atom is -0.461 e. The lowest BCUT2D eigenvalue weighted by molar-refractivity contribution is 0.0519. The molecular weight excluding hydrogens is 252 g/mol. The number of nitrogens with two attached hydrogens (primary N) is 1. The van der Waals surface area contributed by atoms with Crippen molar-refractivity contribution < 1.29 is 9.53 Å². The second-order valence-electron chi connectivity index (χ2n) is 3.78. The molecule has 0 aliphatic carbocycles. The van der Waals surface area contributed by atoms with Gasteiger partial charge in [0, 0.05) is 10.9 Å². The van der Waals surface area contributed by atoms with Gasteiger partial charge in [0.15, 0.2) is 0 Å². The summed E-state index contributed by atoms with van der Waals surface area (Å²) in [4.78, 5) is 14.9. The summed E-state index contributed by atoms with van der Waals surface area (Å²) in [6.07, 6.45) is 0.665. The van der Waals surface area contributed by atoms with E-state index in [4.69, 9.17) is 10.5 Å². The Balaban J connectivity index is 0.00000162. The van der Waals surface area contributed by atoms with E-state index in [0.717, 1.165) is 16.5 Å². The van der Waals surface area contributed by atoms with Crippen LogP contribution in [0.3, 0.4) is 0 Å². The Kier molecular flexibility index (Phi) is 5.19. The molecule has 0 radical (unpaired) electrons. The summed E-state index contributed by atoms with van der Waals surface area (Å²) < 4.78 is 5.03. The number of H-pyrrole nitrogens is 1. The predicted octanol–water partition coefficient (Wildman–Crippen LogP) is 2.27. The second-order valence-corrected chi connectivity index (χ2v) is 3.78. The van der Waals surface area contributed by atoms with E-state index in [1.165, 1.54) is 0 Å². The molecule has 1 aromatic heterocycles. The Morgan fingerprint density at radius 3 is 2.78 bits per heavy atom. The number of carbonyl (C=O) groups excluding carboxylic acids is 1. The van der Waals surface area contributed by atoms with Gasteiger partial charge in [-0.15, -0.1) is 12.4 Å². The molecule has 1 aromatic carbocycles. The normalized spacial score (nSPS) is 10.1. The van der Waals surface area contributed by atoms with Crippen molar-refractivity contribution in [1.82, 2.24) is 4.98 Å². The van der Waals surface area contributed by atoms with Crippen molar-refractivity contribution in [2.24, 2.45) is 5.73 Å². The number of carbonyl (C=O) groups is 1. The summed E-state index contributed by atoms with van der Waals surface area (Å²) in [7, 11) is 0. The first kappa shape index (κ1) is 14.5. The van der Waals surface area contributed by atoms with Crippen molar-refractivity contribution in [2.45, 2.75) is 13.3 Å². The standard InChI is InChI=1S/C13H16N2O2.ClH/c1-2-17-13(16)12-10(7-8-14)9-5-3-4-6-11(9)15-12;/h3-6,15H,2,7-8,14H2,1H3;1H. The van der Waals surface area contributed by atoms with Crippen molar-refractivity contribution in [3.8, 4) is 0 Å². The molecule has 0 atom stereocenters. The van der Waals surface area contributed by atoms with Crippen LogP contribution in [0.1, 0.15) is 23.0 Å². The predicted molar refractivity (Wildman–Crippen MR) is 74.3 cm³/mol. The first-order valence-electron chi connectivity index (χ1n) is 5.74. The van der Waals surface area contributed by atoms with E-state index in [-0.39, 0.29) is 18.4 Å². The van der Waals surface area contributed by atoms with Crippen LogP contribution >= 0.6 is 12.4 Å². The molecule has 2 aromatic rings. The average Bonchev–Trinajstić information content (AvgIpc) is 2.70. The number of hydrogen-bond acceptors (Lipinski definition) is 3. The van der Waals surface area contributed by atoms with E-state index in [9.17, 15) is 4.79 Å². The van der Waals surface area contributed by atoms with Gasteiger partial charge in [-0.25, -0.2) is 4.79 Å². The highest BCUT2D eigenvalue weighted by atomic mass is 35.5. The number of fused-ring (bicyclic) bond motifs is 1. The minimum absolute atomic E-state index is 0. The molecule has 3 N–H and O–H groups in total. The highest BCUT2D eigenvalue weighted by Gasteiger charge is 2.17. The zero-order chi connectivity index (χ0) is 12.3. The van der Waals surface area contributed by atoms with Crippen LogP contribution in [0.25, 0.3) is 10.9 Å². The van der Waals surface area contributed by atoms with Crippen LogP contribution in [0.2, 0.25) is 0 Å². The molecule has 0 unspecified atom stereocenters. The van der Waals surface area contributed by atoms with Crippen LogP contribution in [0.15, 0.2) is 24.3 Å². The Labute approximate surface area is 112 Å². The van der Waals surface area contributed by atoms with Crippen molar-refractivity contribution in [1.29, 1.82) is 0 Å². The van der Waals surface area contributed by atoms with Gasteiger partial charge in [0.05, 0.1) is 6.61 Å².